The van der Waals surface area contributed by atoms with E-state index in [2.05, 4.69) is 26.6 Å². The summed E-state index contributed by atoms with van der Waals surface area (Å²) in [4.78, 5) is 0. The Bertz CT molecular complexity index is 634. The standard InChI is InChI=1S/C14H11BrCl2N2S/c15-10-5-6-13(12(17)7-10)19-14(20)18-8-9-3-1-2-4-11(9)16/h1-7H,8H2,(H2,18,19,20). The molecule has 0 saturated carbocycles. The van der Waals surface area contributed by atoms with Crippen LogP contribution >= 0.6 is 51.3 Å². The van der Waals surface area contributed by atoms with Crippen molar-refractivity contribution in [3.63, 3.8) is 0 Å². The van der Waals surface area contributed by atoms with Gasteiger partial charge in [-0.3, -0.25) is 0 Å². The van der Waals surface area contributed by atoms with Gasteiger partial charge in [0.25, 0.3) is 0 Å². The van der Waals surface area contributed by atoms with E-state index < -0.39 is 0 Å². The van der Waals surface area contributed by atoms with Crippen LogP contribution in [0.25, 0.3) is 0 Å². The van der Waals surface area contributed by atoms with Crippen LogP contribution in [0.15, 0.2) is 46.9 Å². The van der Waals surface area contributed by atoms with Crippen LogP contribution in [0.2, 0.25) is 10.0 Å². The Morgan fingerprint density at radius 3 is 2.55 bits per heavy atom. The third-order valence-electron chi connectivity index (χ3n) is 2.58. The molecule has 0 spiro atoms. The molecule has 0 aliphatic heterocycles. The molecule has 6 heteroatoms. The normalized spacial score (nSPS) is 10.2. The van der Waals surface area contributed by atoms with E-state index in [4.69, 9.17) is 35.4 Å². The summed E-state index contributed by atoms with van der Waals surface area (Å²) >= 11 is 20.8. The van der Waals surface area contributed by atoms with Crippen molar-refractivity contribution in [1.29, 1.82) is 0 Å². The molecule has 0 aliphatic carbocycles. The SMILES string of the molecule is S=C(NCc1ccccc1Cl)Nc1ccc(Br)cc1Cl. The molecule has 20 heavy (non-hydrogen) atoms. The maximum Gasteiger partial charge on any atom is 0.171 e. The van der Waals surface area contributed by atoms with Gasteiger partial charge in [0.15, 0.2) is 5.11 Å². The monoisotopic (exact) mass is 388 g/mol. The van der Waals surface area contributed by atoms with Crippen molar-refractivity contribution in [3.05, 3.63) is 62.5 Å². The summed E-state index contributed by atoms with van der Waals surface area (Å²) in [5.74, 6) is 0. The molecule has 0 bridgehead atoms. The fourth-order valence-corrected chi connectivity index (χ4v) is 2.68. The highest BCUT2D eigenvalue weighted by Crippen LogP contribution is 2.25. The molecule has 0 aromatic heterocycles. The number of halogens is 3. The zero-order valence-electron chi connectivity index (χ0n) is 10.3. The maximum atomic E-state index is 6.11. The molecule has 2 aromatic carbocycles. The lowest BCUT2D eigenvalue weighted by Gasteiger charge is -2.12. The van der Waals surface area contributed by atoms with Crippen molar-refractivity contribution in [2.45, 2.75) is 6.54 Å². The van der Waals surface area contributed by atoms with Gasteiger partial charge in [0.05, 0.1) is 10.7 Å². The molecular weight excluding hydrogens is 379 g/mol. The van der Waals surface area contributed by atoms with Gasteiger partial charge in [-0.15, -0.1) is 0 Å². The van der Waals surface area contributed by atoms with E-state index in [0.29, 0.717) is 21.7 Å². The second-order valence-corrected chi connectivity index (χ2v) is 6.16. The number of thiocarbonyl (C=S) groups is 1. The maximum absolute atomic E-state index is 6.11. The van der Waals surface area contributed by atoms with Gasteiger partial charge in [0.1, 0.15) is 0 Å². The second kappa shape index (κ2) is 7.27. The third-order valence-corrected chi connectivity index (χ3v) is 4.00. The van der Waals surface area contributed by atoms with Gasteiger partial charge in [0.2, 0.25) is 0 Å². The lowest BCUT2D eigenvalue weighted by molar-refractivity contribution is 0.926. The quantitative estimate of drug-likeness (QED) is 0.701. The van der Waals surface area contributed by atoms with Gasteiger partial charge in [-0.1, -0.05) is 57.3 Å². The molecule has 2 N–H and O–H groups in total. The minimum absolute atomic E-state index is 0.495. The van der Waals surface area contributed by atoms with Gasteiger partial charge in [-0.2, -0.15) is 0 Å². The Kier molecular flexibility index (Phi) is 5.66. The highest BCUT2D eigenvalue weighted by Gasteiger charge is 2.04. The minimum Gasteiger partial charge on any atom is -0.358 e. The lowest BCUT2D eigenvalue weighted by Crippen LogP contribution is -2.28. The van der Waals surface area contributed by atoms with Crippen molar-refractivity contribution < 1.29 is 0 Å². The zero-order valence-corrected chi connectivity index (χ0v) is 14.2. The molecule has 0 atom stereocenters. The molecule has 2 nitrogen and oxygen atoms in total. The van der Waals surface area contributed by atoms with Crippen molar-refractivity contribution in [3.8, 4) is 0 Å². The number of benzene rings is 2. The number of rotatable bonds is 3. The van der Waals surface area contributed by atoms with Gasteiger partial charge in [-0.05, 0) is 42.0 Å². The first-order valence-electron chi connectivity index (χ1n) is 5.79. The Balaban J connectivity index is 1.94. The van der Waals surface area contributed by atoms with Crippen LogP contribution < -0.4 is 10.6 Å². The molecule has 0 saturated heterocycles. The summed E-state index contributed by atoms with van der Waals surface area (Å²) in [5, 5.41) is 7.95. The molecule has 104 valence electrons. The van der Waals surface area contributed by atoms with Crippen LogP contribution in [0.3, 0.4) is 0 Å². The van der Waals surface area contributed by atoms with E-state index in [0.717, 1.165) is 15.7 Å². The van der Waals surface area contributed by atoms with E-state index in [1.54, 1.807) is 6.07 Å². The average Bonchev–Trinajstić information content (AvgIpc) is 2.41. The molecule has 0 heterocycles. The van der Waals surface area contributed by atoms with Crippen LogP contribution in [-0.2, 0) is 6.54 Å². The van der Waals surface area contributed by atoms with E-state index in [1.165, 1.54) is 0 Å². The highest BCUT2D eigenvalue weighted by molar-refractivity contribution is 9.10. The van der Waals surface area contributed by atoms with Crippen molar-refractivity contribution in [2.75, 3.05) is 5.32 Å². The van der Waals surface area contributed by atoms with Gasteiger partial charge in [0, 0.05) is 16.0 Å². The average molecular weight is 390 g/mol. The van der Waals surface area contributed by atoms with Crippen LogP contribution in [0.1, 0.15) is 5.56 Å². The van der Waals surface area contributed by atoms with Crippen LogP contribution in [0, 0.1) is 0 Å². The van der Waals surface area contributed by atoms with E-state index in [1.807, 2.05) is 36.4 Å². The first-order valence-corrected chi connectivity index (χ1v) is 7.75. The van der Waals surface area contributed by atoms with Crippen molar-refractivity contribution >= 4 is 62.1 Å². The van der Waals surface area contributed by atoms with Gasteiger partial charge >= 0.3 is 0 Å². The van der Waals surface area contributed by atoms with Gasteiger partial charge < -0.3 is 10.6 Å². The van der Waals surface area contributed by atoms with E-state index >= 15 is 0 Å². The number of hydrogen-bond acceptors (Lipinski definition) is 1. The van der Waals surface area contributed by atoms with Crippen molar-refractivity contribution in [1.82, 2.24) is 5.32 Å². The fourth-order valence-electron chi connectivity index (χ4n) is 1.57. The summed E-state index contributed by atoms with van der Waals surface area (Å²) in [5.41, 5.74) is 1.74. The summed E-state index contributed by atoms with van der Waals surface area (Å²) in [7, 11) is 0. The number of hydrogen-bond donors (Lipinski definition) is 2. The minimum atomic E-state index is 0.495. The molecule has 2 rings (SSSR count). The number of nitrogens with one attached hydrogen (secondary N) is 2. The van der Waals surface area contributed by atoms with Crippen molar-refractivity contribution in [2.24, 2.45) is 0 Å². The molecule has 0 fully saturated rings. The summed E-state index contributed by atoms with van der Waals surface area (Å²) in [6.45, 7) is 0.555. The molecule has 2 aromatic rings. The Labute approximate surface area is 141 Å². The lowest BCUT2D eigenvalue weighted by atomic mass is 10.2. The smallest absolute Gasteiger partial charge is 0.171 e. The highest BCUT2D eigenvalue weighted by atomic mass is 79.9. The number of anilines is 1. The zero-order chi connectivity index (χ0) is 14.5. The first-order chi connectivity index (χ1) is 9.56. The van der Waals surface area contributed by atoms with Crippen LogP contribution in [0.5, 0.6) is 0 Å². The van der Waals surface area contributed by atoms with Gasteiger partial charge in [-0.25, -0.2) is 0 Å². The van der Waals surface area contributed by atoms with E-state index in [9.17, 15) is 0 Å². The topological polar surface area (TPSA) is 24.1 Å². The molecule has 0 amide bonds. The first kappa shape index (κ1) is 15.6. The Morgan fingerprint density at radius 2 is 1.85 bits per heavy atom. The summed E-state index contributed by atoms with van der Waals surface area (Å²) in [6.07, 6.45) is 0. The Morgan fingerprint density at radius 1 is 1.10 bits per heavy atom. The molecule has 0 aliphatic rings. The fraction of sp³-hybridized carbons (Fsp3) is 0.0714. The van der Waals surface area contributed by atoms with Crippen LogP contribution in [-0.4, -0.2) is 5.11 Å². The largest absolute Gasteiger partial charge is 0.358 e. The van der Waals surface area contributed by atoms with E-state index in [-0.39, 0.29) is 0 Å². The predicted octanol–water partition coefficient (Wildman–Crippen LogP) is 5.24. The third kappa shape index (κ3) is 4.35. The molecule has 0 radical (unpaired) electrons. The molecule has 0 unspecified atom stereocenters. The van der Waals surface area contributed by atoms with Crippen LogP contribution in [0.4, 0.5) is 5.69 Å². The Hall–Kier alpha value is -0.810. The summed E-state index contributed by atoms with van der Waals surface area (Å²) < 4.78 is 0.919. The second-order valence-electron chi connectivity index (χ2n) is 4.02. The predicted molar refractivity (Wildman–Crippen MR) is 93.7 cm³/mol. The molecular formula is C14H11BrCl2N2S. The summed E-state index contributed by atoms with van der Waals surface area (Å²) in [6, 6.07) is 13.2.